The lowest BCUT2D eigenvalue weighted by Crippen LogP contribution is -2.28. The van der Waals surface area contributed by atoms with Gasteiger partial charge in [-0.05, 0) is 19.3 Å². The fraction of sp³-hybridized carbons (Fsp3) is 0.583. The van der Waals surface area contributed by atoms with Crippen LogP contribution >= 0.6 is 0 Å². The van der Waals surface area contributed by atoms with E-state index in [1.54, 1.807) is 0 Å². The predicted octanol–water partition coefficient (Wildman–Crippen LogP) is 0.147. The number of aromatic hydroxyl groups is 1. The van der Waals surface area contributed by atoms with Gasteiger partial charge in [0.15, 0.2) is 0 Å². The Balaban J connectivity index is 2.28. The smallest absolute Gasteiger partial charge is 0.328 e. The van der Waals surface area contributed by atoms with E-state index in [2.05, 4.69) is 15.0 Å². The lowest BCUT2D eigenvalue weighted by atomic mass is 10.1. The summed E-state index contributed by atoms with van der Waals surface area (Å²) in [5, 5.41) is 9.68. The normalized spacial score (nSPS) is 19.8. The molecule has 0 aromatic carbocycles. The van der Waals surface area contributed by atoms with Crippen LogP contribution in [0.25, 0.3) is 0 Å². The maximum Gasteiger partial charge on any atom is 0.328 e. The highest BCUT2D eigenvalue weighted by molar-refractivity contribution is 6.01. The second kappa shape index (κ2) is 5.83. The number of H-pyrrole nitrogens is 2. The summed E-state index contributed by atoms with van der Waals surface area (Å²) < 4.78 is 5.45. The van der Waals surface area contributed by atoms with E-state index in [-0.39, 0.29) is 11.7 Å². The van der Waals surface area contributed by atoms with Crippen LogP contribution in [-0.2, 0) is 4.74 Å². The largest absolute Gasteiger partial charge is 0.494 e. The highest BCUT2D eigenvalue weighted by Crippen LogP contribution is 2.14. The van der Waals surface area contributed by atoms with E-state index >= 15 is 0 Å². The zero-order valence-corrected chi connectivity index (χ0v) is 10.7. The van der Waals surface area contributed by atoms with Gasteiger partial charge in [0.05, 0.1) is 18.4 Å². The molecule has 1 aliphatic rings. The summed E-state index contributed by atoms with van der Waals surface area (Å²) >= 11 is 0. The van der Waals surface area contributed by atoms with Gasteiger partial charge in [0.25, 0.3) is 5.56 Å². The number of hydrogen-bond acceptors (Lipinski definition) is 5. The highest BCUT2D eigenvalue weighted by atomic mass is 16.5. The molecule has 0 saturated carbocycles. The fourth-order valence-corrected chi connectivity index (χ4v) is 2.11. The molecule has 7 nitrogen and oxygen atoms in total. The van der Waals surface area contributed by atoms with Crippen LogP contribution in [0.1, 0.15) is 31.7 Å². The quantitative estimate of drug-likeness (QED) is 0.675. The molecule has 7 heteroatoms. The number of aliphatic imine (C=N–C) groups is 1. The van der Waals surface area contributed by atoms with Gasteiger partial charge < -0.3 is 9.84 Å². The Bertz CT molecular complexity index is 581. The second-order valence-electron chi connectivity index (χ2n) is 4.41. The first-order valence-corrected chi connectivity index (χ1v) is 6.32. The molecule has 1 aromatic heterocycles. The molecule has 1 fully saturated rings. The average molecular weight is 267 g/mol. The monoisotopic (exact) mass is 267 g/mol. The van der Waals surface area contributed by atoms with Crippen molar-refractivity contribution in [3.63, 3.8) is 0 Å². The Kier molecular flexibility index (Phi) is 4.16. The maximum atomic E-state index is 11.7. The van der Waals surface area contributed by atoms with Gasteiger partial charge in [-0.1, -0.05) is 6.92 Å². The van der Waals surface area contributed by atoms with Gasteiger partial charge in [-0.2, -0.15) is 0 Å². The van der Waals surface area contributed by atoms with Crippen molar-refractivity contribution < 1.29 is 9.84 Å². The number of nitrogens with zero attached hydrogens (tertiary/aromatic N) is 1. The Morgan fingerprint density at radius 2 is 2.26 bits per heavy atom. The summed E-state index contributed by atoms with van der Waals surface area (Å²) in [4.78, 5) is 31.3. The number of aromatic amines is 2. The van der Waals surface area contributed by atoms with E-state index in [1.165, 1.54) is 0 Å². The zero-order valence-electron chi connectivity index (χ0n) is 10.7. The summed E-state index contributed by atoms with van der Waals surface area (Å²) in [6.45, 7) is 3.03. The molecule has 0 unspecified atom stereocenters. The second-order valence-corrected chi connectivity index (χ2v) is 4.41. The molecule has 0 aliphatic carbocycles. The van der Waals surface area contributed by atoms with Crippen molar-refractivity contribution in [2.24, 2.45) is 4.99 Å². The minimum atomic E-state index is -0.735. The van der Waals surface area contributed by atoms with Gasteiger partial charge in [-0.15, -0.1) is 0 Å². The van der Waals surface area contributed by atoms with Crippen molar-refractivity contribution in [3.05, 3.63) is 26.4 Å². The first kappa shape index (κ1) is 13.5. The van der Waals surface area contributed by atoms with E-state index < -0.39 is 17.1 Å². The van der Waals surface area contributed by atoms with E-state index in [9.17, 15) is 14.7 Å². The summed E-state index contributed by atoms with van der Waals surface area (Å²) in [7, 11) is 0. The van der Waals surface area contributed by atoms with Crippen molar-refractivity contribution in [1.82, 2.24) is 9.97 Å². The van der Waals surface area contributed by atoms with Gasteiger partial charge in [0.2, 0.25) is 5.88 Å². The van der Waals surface area contributed by atoms with Crippen molar-refractivity contribution in [1.29, 1.82) is 0 Å². The van der Waals surface area contributed by atoms with Gasteiger partial charge in [-0.3, -0.25) is 19.8 Å². The number of hydrogen-bond donors (Lipinski definition) is 3. The van der Waals surface area contributed by atoms with Crippen LogP contribution in [0.2, 0.25) is 0 Å². The number of rotatable bonds is 4. The van der Waals surface area contributed by atoms with E-state index in [1.807, 2.05) is 6.92 Å². The van der Waals surface area contributed by atoms with E-state index in [0.717, 1.165) is 19.4 Å². The molecule has 19 heavy (non-hydrogen) atoms. The molecule has 3 N–H and O–H groups in total. The topological polar surface area (TPSA) is 108 Å². The minimum Gasteiger partial charge on any atom is -0.494 e. The Hall–Kier alpha value is -1.89. The standard InChI is InChI=1S/C12H17N3O4/c1-2-8(13-6-7-4-3-5-19-7)9-10(16)14-12(18)15-11(9)17/h7H,2-6H2,1H3,(H3,14,15,16,17,18)/t7-/m1/s1. The van der Waals surface area contributed by atoms with E-state index in [4.69, 9.17) is 4.74 Å². The summed E-state index contributed by atoms with van der Waals surface area (Å²) in [5.74, 6) is -0.443. The molecule has 1 aliphatic heterocycles. The number of ether oxygens (including phenoxy) is 1. The molecule has 0 amide bonds. The van der Waals surface area contributed by atoms with Crippen LogP contribution in [0.3, 0.4) is 0 Å². The van der Waals surface area contributed by atoms with Crippen LogP contribution < -0.4 is 11.2 Å². The van der Waals surface area contributed by atoms with Crippen LogP contribution in [0.15, 0.2) is 14.6 Å². The summed E-state index contributed by atoms with van der Waals surface area (Å²) in [6.07, 6.45) is 2.53. The SMILES string of the molecule is CCC(=NC[C@H]1CCCO1)c1c(O)[nH]c(=O)[nH]c1=O. The van der Waals surface area contributed by atoms with Crippen molar-refractivity contribution in [3.8, 4) is 5.88 Å². The van der Waals surface area contributed by atoms with E-state index in [0.29, 0.717) is 18.7 Å². The molecule has 0 bridgehead atoms. The van der Waals surface area contributed by atoms with Crippen LogP contribution in [0.4, 0.5) is 0 Å². The maximum absolute atomic E-state index is 11.7. The zero-order chi connectivity index (χ0) is 13.8. The molecule has 104 valence electrons. The summed E-state index contributed by atoms with van der Waals surface area (Å²) in [5.41, 5.74) is -0.874. The summed E-state index contributed by atoms with van der Waals surface area (Å²) in [6, 6.07) is 0. The van der Waals surface area contributed by atoms with Gasteiger partial charge >= 0.3 is 5.69 Å². The molecule has 2 heterocycles. The van der Waals surface area contributed by atoms with Crippen LogP contribution in [-0.4, -0.2) is 40.0 Å². The lowest BCUT2D eigenvalue weighted by molar-refractivity contribution is 0.118. The molecule has 1 aromatic rings. The van der Waals surface area contributed by atoms with Crippen molar-refractivity contribution in [2.45, 2.75) is 32.3 Å². The van der Waals surface area contributed by atoms with Crippen LogP contribution in [0.5, 0.6) is 5.88 Å². The molecule has 1 atom stereocenters. The number of aromatic nitrogens is 2. The highest BCUT2D eigenvalue weighted by Gasteiger charge is 2.17. The van der Waals surface area contributed by atoms with Crippen molar-refractivity contribution >= 4 is 5.71 Å². The average Bonchev–Trinajstić information content (AvgIpc) is 2.85. The van der Waals surface area contributed by atoms with Gasteiger partial charge in [0.1, 0.15) is 5.56 Å². The first-order valence-electron chi connectivity index (χ1n) is 6.32. The van der Waals surface area contributed by atoms with Gasteiger partial charge in [0, 0.05) is 6.61 Å². The first-order chi connectivity index (χ1) is 9.11. The van der Waals surface area contributed by atoms with Gasteiger partial charge in [-0.25, -0.2) is 4.79 Å². The minimum absolute atomic E-state index is 0.0279. The third kappa shape index (κ3) is 3.11. The molecular formula is C12H17N3O4. The Morgan fingerprint density at radius 1 is 1.47 bits per heavy atom. The lowest BCUT2D eigenvalue weighted by Gasteiger charge is -2.08. The van der Waals surface area contributed by atoms with Crippen molar-refractivity contribution in [2.75, 3.05) is 13.2 Å². The third-order valence-electron chi connectivity index (χ3n) is 3.06. The molecule has 1 saturated heterocycles. The molecular weight excluding hydrogens is 250 g/mol. The Labute approximate surface area is 109 Å². The Morgan fingerprint density at radius 3 is 2.84 bits per heavy atom. The molecule has 2 rings (SSSR count). The predicted molar refractivity (Wildman–Crippen MR) is 70.0 cm³/mol. The molecule has 0 spiro atoms. The fourth-order valence-electron chi connectivity index (χ4n) is 2.11. The third-order valence-corrected chi connectivity index (χ3v) is 3.06. The van der Waals surface area contributed by atoms with Crippen LogP contribution in [0, 0.1) is 0 Å². The molecule has 0 radical (unpaired) electrons. The number of nitrogens with one attached hydrogen (secondary N) is 2.